The van der Waals surface area contributed by atoms with Gasteiger partial charge in [-0.3, -0.25) is 19.8 Å². The van der Waals surface area contributed by atoms with Gasteiger partial charge in [0.15, 0.2) is 6.61 Å². The first-order valence-corrected chi connectivity index (χ1v) is 9.16. The smallest absolute Gasteiger partial charge is 0.344 e. The fraction of sp³-hybridized carbons (Fsp3) is 0.474. The molecular weight excluding hydrogens is 350 g/mol. The van der Waals surface area contributed by atoms with Crippen molar-refractivity contribution in [3.63, 3.8) is 0 Å². The molecule has 144 valence electrons. The van der Waals surface area contributed by atoms with E-state index < -0.39 is 36.0 Å². The molecule has 8 heteroatoms. The number of carbonyl (C=O) groups is 4. The summed E-state index contributed by atoms with van der Waals surface area (Å²) in [6.07, 6.45) is 3.82. The molecule has 1 aromatic rings. The molecule has 0 bridgehead atoms. The summed E-state index contributed by atoms with van der Waals surface area (Å²) in [6.45, 7) is 1.25. The van der Waals surface area contributed by atoms with E-state index in [1.165, 1.54) is 0 Å². The number of nitrogens with zero attached hydrogens (tertiary/aromatic N) is 1. The van der Waals surface area contributed by atoms with Gasteiger partial charge in [-0.1, -0.05) is 50.1 Å². The van der Waals surface area contributed by atoms with Crippen LogP contribution in [0.2, 0.25) is 0 Å². The van der Waals surface area contributed by atoms with Crippen molar-refractivity contribution in [3.8, 4) is 0 Å². The van der Waals surface area contributed by atoms with Crippen LogP contribution in [0.25, 0.3) is 0 Å². The van der Waals surface area contributed by atoms with Crippen molar-refractivity contribution < 1.29 is 23.9 Å². The molecule has 4 amide bonds. The number of imide groups is 1. The Morgan fingerprint density at radius 3 is 2.52 bits per heavy atom. The molecule has 0 unspecified atom stereocenters. The molecule has 2 aliphatic rings. The molecule has 8 nitrogen and oxygen atoms in total. The Kier molecular flexibility index (Phi) is 5.43. The van der Waals surface area contributed by atoms with Crippen molar-refractivity contribution >= 4 is 23.8 Å². The van der Waals surface area contributed by atoms with Crippen molar-refractivity contribution in [1.29, 1.82) is 0 Å². The van der Waals surface area contributed by atoms with Crippen LogP contribution in [0.4, 0.5) is 4.79 Å². The number of benzene rings is 1. The first kappa shape index (κ1) is 18.9. The van der Waals surface area contributed by atoms with E-state index in [2.05, 4.69) is 10.7 Å². The molecular formula is C19H23N3O5. The van der Waals surface area contributed by atoms with Gasteiger partial charge in [-0.2, -0.15) is 5.01 Å². The van der Waals surface area contributed by atoms with Gasteiger partial charge >= 0.3 is 12.0 Å². The van der Waals surface area contributed by atoms with Crippen LogP contribution >= 0.6 is 0 Å². The molecule has 1 atom stereocenters. The number of amides is 4. The van der Waals surface area contributed by atoms with Gasteiger partial charge in [0.2, 0.25) is 0 Å². The summed E-state index contributed by atoms with van der Waals surface area (Å²) in [5.74, 6) is -1.88. The van der Waals surface area contributed by atoms with Crippen molar-refractivity contribution in [2.24, 2.45) is 5.92 Å². The number of esters is 1. The molecule has 27 heavy (non-hydrogen) atoms. The van der Waals surface area contributed by atoms with Crippen molar-refractivity contribution in [3.05, 3.63) is 35.9 Å². The van der Waals surface area contributed by atoms with Gasteiger partial charge in [-0.25, -0.2) is 4.79 Å². The maximum absolute atomic E-state index is 12.9. The van der Waals surface area contributed by atoms with Crippen LogP contribution in [0, 0.1) is 5.92 Å². The summed E-state index contributed by atoms with van der Waals surface area (Å²) in [4.78, 5) is 49.1. The van der Waals surface area contributed by atoms with E-state index in [-0.39, 0.29) is 5.92 Å². The zero-order chi connectivity index (χ0) is 19.4. The number of hydrogen-bond donors (Lipinski definition) is 2. The van der Waals surface area contributed by atoms with Crippen LogP contribution in [-0.4, -0.2) is 35.4 Å². The molecule has 0 spiro atoms. The minimum Gasteiger partial charge on any atom is -0.455 e. The van der Waals surface area contributed by atoms with Gasteiger partial charge < -0.3 is 10.1 Å². The molecule has 1 heterocycles. The third-order valence-electron chi connectivity index (χ3n) is 5.16. The Hall–Kier alpha value is -2.90. The Balaban J connectivity index is 1.63. The number of urea groups is 1. The minimum atomic E-state index is -1.23. The molecule has 2 fully saturated rings. The zero-order valence-electron chi connectivity index (χ0n) is 15.2. The molecule has 1 aliphatic carbocycles. The highest BCUT2D eigenvalue weighted by Gasteiger charge is 2.52. The van der Waals surface area contributed by atoms with Crippen LogP contribution in [-0.2, 0) is 24.7 Å². The second kappa shape index (κ2) is 7.77. The summed E-state index contributed by atoms with van der Waals surface area (Å²) in [5.41, 5.74) is 1.64. The number of nitrogens with one attached hydrogen (secondary N) is 2. The van der Waals surface area contributed by atoms with Gasteiger partial charge in [0, 0.05) is 0 Å². The van der Waals surface area contributed by atoms with Crippen molar-refractivity contribution in [1.82, 2.24) is 15.8 Å². The van der Waals surface area contributed by atoms with Crippen molar-refractivity contribution in [2.75, 3.05) is 6.61 Å². The number of carbonyl (C=O) groups excluding carboxylic acids is 4. The Labute approximate surface area is 157 Å². The minimum absolute atomic E-state index is 0.166. The highest BCUT2D eigenvalue weighted by molar-refractivity contribution is 6.08. The largest absolute Gasteiger partial charge is 0.455 e. The lowest BCUT2D eigenvalue weighted by molar-refractivity contribution is -0.154. The lowest BCUT2D eigenvalue weighted by atomic mass is 9.87. The standard InChI is InChI=1S/C19H23N3O5/c1-2-19(14-10-4-3-5-11-14)17(25)22(18(26)20-19)21-15(23)12-27-16(24)13-8-6-7-9-13/h3-5,10-11,13H,2,6-9,12H2,1H3,(H,20,26)(H,21,23)/t19-/m0/s1. The summed E-state index contributed by atoms with van der Waals surface area (Å²) in [7, 11) is 0. The zero-order valence-corrected chi connectivity index (χ0v) is 15.2. The average Bonchev–Trinajstić information content (AvgIpc) is 3.30. The van der Waals surface area contributed by atoms with Crippen LogP contribution in [0.3, 0.4) is 0 Å². The molecule has 2 N–H and O–H groups in total. The Morgan fingerprint density at radius 2 is 1.89 bits per heavy atom. The topological polar surface area (TPSA) is 105 Å². The first-order valence-electron chi connectivity index (χ1n) is 9.16. The molecule has 1 saturated carbocycles. The summed E-state index contributed by atoms with van der Waals surface area (Å²) in [5, 5.41) is 3.32. The number of hydrogen-bond acceptors (Lipinski definition) is 5. The molecule has 1 aliphatic heterocycles. The number of ether oxygens (including phenoxy) is 1. The second-order valence-electron chi connectivity index (χ2n) is 6.82. The fourth-order valence-electron chi connectivity index (χ4n) is 3.61. The van der Waals surface area contributed by atoms with E-state index in [0.717, 1.165) is 25.7 Å². The lowest BCUT2D eigenvalue weighted by Gasteiger charge is -2.25. The number of rotatable bonds is 6. The van der Waals surface area contributed by atoms with Gasteiger partial charge in [0.1, 0.15) is 5.54 Å². The van der Waals surface area contributed by atoms with Crippen LogP contribution in [0.5, 0.6) is 0 Å². The maximum atomic E-state index is 12.9. The average molecular weight is 373 g/mol. The van der Waals surface area contributed by atoms with E-state index in [1.807, 2.05) is 6.07 Å². The fourth-order valence-corrected chi connectivity index (χ4v) is 3.61. The lowest BCUT2D eigenvalue weighted by Crippen LogP contribution is -2.49. The van der Waals surface area contributed by atoms with Crippen LogP contribution in [0.15, 0.2) is 30.3 Å². The third-order valence-corrected chi connectivity index (χ3v) is 5.16. The van der Waals surface area contributed by atoms with E-state index >= 15 is 0 Å². The summed E-state index contributed by atoms with van der Waals surface area (Å²) >= 11 is 0. The van der Waals surface area contributed by atoms with Gasteiger partial charge in [0.25, 0.3) is 11.8 Å². The predicted molar refractivity (Wildman–Crippen MR) is 94.8 cm³/mol. The monoisotopic (exact) mass is 373 g/mol. The molecule has 0 aromatic heterocycles. The predicted octanol–water partition coefficient (Wildman–Crippen LogP) is 1.61. The van der Waals surface area contributed by atoms with E-state index in [1.54, 1.807) is 31.2 Å². The van der Waals surface area contributed by atoms with Gasteiger partial charge in [0.05, 0.1) is 5.92 Å². The second-order valence-corrected chi connectivity index (χ2v) is 6.82. The third kappa shape index (κ3) is 3.65. The molecule has 3 rings (SSSR count). The number of hydrazine groups is 1. The Bertz CT molecular complexity index is 745. The van der Waals surface area contributed by atoms with Crippen molar-refractivity contribution in [2.45, 2.75) is 44.6 Å². The van der Waals surface area contributed by atoms with E-state index in [4.69, 9.17) is 4.74 Å². The first-order chi connectivity index (χ1) is 13.0. The normalized spacial score (nSPS) is 22.6. The van der Waals surface area contributed by atoms with Crippen LogP contribution < -0.4 is 10.7 Å². The molecule has 0 radical (unpaired) electrons. The summed E-state index contributed by atoms with van der Waals surface area (Å²) < 4.78 is 5.01. The SMILES string of the molecule is CC[C@@]1(c2ccccc2)NC(=O)N(NC(=O)COC(=O)C2CCCC2)C1=O. The van der Waals surface area contributed by atoms with Crippen LogP contribution in [0.1, 0.15) is 44.6 Å². The maximum Gasteiger partial charge on any atom is 0.344 e. The van der Waals surface area contributed by atoms with E-state index in [0.29, 0.717) is 17.0 Å². The van der Waals surface area contributed by atoms with E-state index in [9.17, 15) is 19.2 Å². The quantitative estimate of drug-likeness (QED) is 0.582. The molecule has 1 aromatic carbocycles. The highest BCUT2D eigenvalue weighted by Crippen LogP contribution is 2.31. The summed E-state index contributed by atoms with van der Waals surface area (Å²) in [6, 6.07) is 8.13. The van der Waals surface area contributed by atoms with Gasteiger partial charge in [-0.15, -0.1) is 0 Å². The Morgan fingerprint density at radius 1 is 1.22 bits per heavy atom. The molecule has 1 saturated heterocycles. The highest BCUT2D eigenvalue weighted by atomic mass is 16.5. The van der Waals surface area contributed by atoms with Gasteiger partial charge in [-0.05, 0) is 24.8 Å².